The summed E-state index contributed by atoms with van der Waals surface area (Å²) in [5.74, 6) is 1.58. The van der Waals surface area contributed by atoms with Gasteiger partial charge in [0.2, 0.25) is 0 Å². The van der Waals surface area contributed by atoms with Crippen molar-refractivity contribution in [2.75, 3.05) is 33.2 Å². The number of rotatable bonds is 3. The minimum Gasteiger partial charge on any atom is -0.302 e. The molecule has 6 nitrogen and oxygen atoms in total. The van der Waals surface area contributed by atoms with Crippen LogP contribution in [0, 0.1) is 0 Å². The summed E-state index contributed by atoms with van der Waals surface area (Å²) in [6, 6.07) is 2.96. The number of hydrogen-bond acceptors (Lipinski definition) is 5. The van der Waals surface area contributed by atoms with Gasteiger partial charge >= 0.3 is 0 Å². The van der Waals surface area contributed by atoms with Crippen LogP contribution in [-0.4, -0.2) is 68.9 Å². The zero-order valence-corrected chi connectivity index (χ0v) is 15.9. The maximum atomic E-state index is 4.88. The van der Waals surface area contributed by atoms with Gasteiger partial charge in [-0.3, -0.25) is 0 Å². The van der Waals surface area contributed by atoms with Gasteiger partial charge < -0.3 is 9.80 Å². The van der Waals surface area contributed by atoms with Crippen LogP contribution < -0.4 is 0 Å². The van der Waals surface area contributed by atoms with Gasteiger partial charge in [0.15, 0.2) is 11.5 Å². The van der Waals surface area contributed by atoms with E-state index in [0.717, 1.165) is 30.4 Å². The zero-order valence-electron chi connectivity index (χ0n) is 15.9. The lowest BCUT2D eigenvalue weighted by atomic mass is 9.94. The highest BCUT2D eigenvalue weighted by Gasteiger charge is 2.28. The third-order valence-electron chi connectivity index (χ3n) is 6.79. The first-order valence-electron chi connectivity index (χ1n) is 10.4. The molecule has 2 fully saturated rings. The highest BCUT2D eigenvalue weighted by molar-refractivity contribution is 5.43. The number of likely N-dealkylation sites (N-methyl/N-ethyl adjacent to an activating group) is 1. The van der Waals surface area contributed by atoms with Crippen LogP contribution in [0.4, 0.5) is 0 Å². The van der Waals surface area contributed by atoms with Gasteiger partial charge in [0.1, 0.15) is 0 Å². The molecule has 0 N–H and O–H groups in total. The standard InChI is InChI=1S/C20H30N6/c1-24-10-3-2-6-17(24)14-25-11-8-15(9-12-25)20-22-21-19-13-16-5-4-7-18(16)23-26(19)20/h13,15,17H,2-12,14H2,1H3. The molecule has 1 atom stereocenters. The lowest BCUT2D eigenvalue weighted by Crippen LogP contribution is -2.46. The van der Waals surface area contributed by atoms with Crippen molar-refractivity contribution in [2.24, 2.45) is 0 Å². The summed E-state index contributed by atoms with van der Waals surface area (Å²) in [4.78, 5) is 5.23. The highest BCUT2D eigenvalue weighted by Crippen LogP contribution is 2.29. The molecule has 2 saturated heterocycles. The van der Waals surface area contributed by atoms with E-state index in [1.54, 1.807) is 0 Å². The minimum absolute atomic E-state index is 0.497. The SMILES string of the molecule is CN1CCCCC1CN1CCC(c2nnc3cc4c(nn23)CCC4)CC1. The first-order valence-corrected chi connectivity index (χ1v) is 10.4. The van der Waals surface area contributed by atoms with Gasteiger partial charge in [-0.15, -0.1) is 10.2 Å². The largest absolute Gasteiger partial charge is 0.302 e. The predicted molar refractivity (Wildman–Crippen MR) is 101 cm³/mol. The van der Waals surface area contributed by atoms with Crippen molar-refractivity contribution in [3.8, 4) is 0 Å². The molecule has 140 valence electrons. The van der Waals surface area contributed by atoms with Crippen molar-refractivity contribution >= 4 is 5.65 Å². The number of nitrogens with zero attached hydrogens (tertiary/aromatic N) is 6. The minimum atomic E-state index is 0.497. The van der Waals surface area contributed by atoms with Crippen LogP contribution >= 0.6 is 0 Å². The van der Waals surface area contributed by atoms with Crippen LogP contribution in [0.2, 0.25) is 0 Å². The van der Waals surface area contributed by atoms with Gasteiger partial charge in [0, 0.05) is 18.5 Å². The maximum absolute atomic E-state index is 4.88. The van der Waals surface area contributed by atoms with E-state index >= 15 is 0 Å². The molecule has 0 saturated carbocycles. The fourth-order valence-electron chi connectivity index (χ4n) is 5.10. The van der Waals surface area contributed by atoms with Gasteiger partial charge in [-0.1, -0.05) is 6.42 Å². The average molecular weight is 355 g/mol. The second-order valence-electron chi connectivity index (χ2n) is 8.50. The molecule has 2 aromatic heterocycles. The molecule has 1 unspecified atom stereocenters. The first-order chi connectivity index (χ1) is 12.8. The summed E-state index contributed by atoms with van der Waals surface area (Å²) in [6.45, 7) is 4.85. The van der Waals surface area contributed by atoms with Gasteiger partial charge in [0.25, 0.3) is 0 Å². The smallest absolute Gasteiger partial charge is 0.178 e. The molecule has 5 rings (SSSR count). The molecule has 26 heavy (non-hydrogen) atoms. The molecule has 2 aliphatic heterocycles. The fourth-order valence-corrected chi connectivity index (χ4v) is 5.10. The summed E-state index contributed by atoms with van der Waals surface area (Å²) >= 11 is 0. The number of fused-ring (bicyclic) bond motifs is 2. The number of hydrogen-bond donors (Lipinski definition) is 0. The van der Waals surface area contributed by atoms with Crippen molar-refractivity contribution in [2.45, 2.75) is 63.3 Å². The molecule has 0 spiro atoms. The molecule has 0 aromatic carbocycles. The van der Waals surface area contributed by atoms with Crippen molar-refractivity contribution in [1.29, 1.82) is 0 Å². The van der Waals surface area contributed by atoms with E-state index < -0.39 is 0 Å². The van der Waals surface area contributed by atoms with Crippen LogP contribution in [0.5, 0.6) is 0 Å². The topological polar surface area (TPSA) is 49.6 Å². The molecular weight excluding hydrogens is 324 g/mol. The zero-order chi connectivity index (χ0) is 17.5. The molecule has 0 amide bonds. The summed E-state index contributed by atoms with van der Waals surface area (Å²) in [5.41, 5.74) is 3.58. The van der Waals surface area contributed by atoms with Crippen LogP contribution in [0.25, 0.3) is 5.65 Å². The summed E-state index contributed by atoms with van der Waals surface area (Å²) in [7, 11) is 2.29. The third kappa shape index (κ3) is 3.03. The highest BCUT2D eigenvalue weighted by atomic mass is 15.4. The average Bonchev–Trinajstić information content (AvgIpc) is 3.28. The molecular formula is C20H30N6. The van der Waals surface area contributed by atoms with E-state index in [1.807, 2.05) is 4.52 Å². The Kier molecular flexibility index (Phi) is 4.41. The van der Waals surface area contributed by atoms with Crippen LogP contribution in [0.15, 0.2) is 6.07 Å². The second-order valence-corrected chi connectivity index (χ2v) is 8.50. The van der Waals surface area contributed by atoms with Crippen LogP contribution in [-0.2, 0) is 12.8 Å². The fraction of sp³-hybridized carbons (Fsp3) is 0.750. The van der Waals surface area contributed by atoms with E-state index in [4.69, 9.17) is 5.10 Å². The van der Waals surface area contributed by atoms with Crippen molar-refractivity contribution in [3.63, 3.8) is 0 Å². The Labute approximate surface area is 155 Å². The summed E-state index contributed by atoms with van der Waals surface area (Å²) in [6.07, 6.45) is 9.96. The van der Waals surface area contributed by atoms with Gasteiger partial charge in [-0.25, -0.2) is 0 Å². The number of aromatic nitrogens is 4. The third-order valence-corrected chi connectivity index (χ3v) is 6.79. The Hall–Kier alpha value is -1.53. The van der Waals surface area contributed by atoms with Gasteiger partial charge in [0.05, 0.1) is 5.69 Å². The van der Waals surface area contributed by atoms with E-state index in [9.17, 15) is 0 Å². The van der Waals surface area contributed by atoms with Crippen molar-refractivity contribution in [1.82, 2.24) is 29.6 Å². The van der Waals surface area contributed by atoms with E-state index in [0.29, 0.717) is 5.92 Å². The van der Waals surface area contributed by atoms with E-state index in [-0.39, 0.29) is 0 Å². The Balaban J connectivity index is 1.26. The van der Waals surface area contributed by atoms with Crippen LogP contribution in [0.1, 0.15) is 61.5 Å². The number of piperidine rings is 2. The maximum Gasteiger partial charge on any atom is 0.178 e. The summed E-state index contributed by atoms with van der Waals surface area (Å²) in [5, 5.41) is 13.8. The van der Waals surface area contributed by atoms with Gasteiger partial charge in [-0.05, 0) is 83.3 Å². The van der Waals surface area contributed by atoms with E-state index in [1.165, 1.54) is 76.0 Å². The van der Waals surface area contributed by atoms with Gasteiger partial charge in [-0.2, -0.15) is 9.61 Å². The molecule has 4 heterocycles. The molecule has 1 aliphatic carbocycles. The van der Waals surface area contributed by atoms with Crippen molar-refractivity contribution in [3.05, 3.63) is 23.1 Å². The number of likely N-dealkylation sites (tertiary alicyclic amines) is 2. The molecule has 2 aromatic rings. The van der Waals surface area contributed by atoms with Crippen LogP contribution in [0.3, 0.4) is 0 Å². The Morgan fingerprint density at radius 1 is 1.00 bits per heavy atom. The Morgan fingerprint density at radius 3 is 2.73 bits per heavy atom. The van der Waals surface area contributed by atoms with Crippen molar-refractivity contribution < 1.29 is 0 Å². The van der Waals surface area contributed by atoms with E-state index in [2.05, 4.69) is 33.1 Å². The molecule has 0 radical (unpaired) electrons. The molecule has 0 bridgehead atoms. The summed E-state index contributed by atoms with van der Waals surface area (Å²) < 4.78 is 2.04. The lowest BCUT2D eigenvalue weighted by molar-refractivity contribution is 0.111. The molecule has 3 aliphatic rings. The quantitative estimate of drug-likeness (QED) is 0.846. The lowest BCUT2D eigenvalue weighted by Gasteiger charge is -2.38. The predicted octanol–water partition coefficient (Wildman–Crippen LogP) is 2.28. The second kappa shape index (κ2) is 6.89. The Morgan fingerprint density at radius 2 is 1.88 bits per heavy atom. The normalized spacial score (nSPS) is 25.8. The molecule has 6 heteroatoms. The monoisotopic (exact) mass is 354 g/mol. The Bertz CT molecular complexity index is 776. The first kappa shape index (κ1) is 16.6. The number of aryl methyl sites for hydroxylation is 2.